The lowest BCUT2D eigenvalue weighted by molar-refractivity contribution is 0.102. The van der Waals surface area contributed by atoms with E-state index in [2.05, 4.69) is 33.6 Å². The van der Waals surface area contributed by atoms with Gasteiger partial charge in [0.2, 0.25) is 0 Å². The summed E-state index contributed by atoms with van der Waals surface area (Å²) in [6.45, 7) is 7.25. The average molecular weight is 523 g/mol. The maximum Gasteiger partial charge on any atom is 0.255 e. The summed E-state index contributed by atoms with van der Waals surface area (Å²) in [5, 5.41) is 18.2. The number of likely N-dealkylation sites (N-methyl/N-ethyl adjacent to an activating group) is 1. The van der Waals surface area contributed by atoms with Crippen LogP contribution in [0.15, 0.2) is 72.1 Å². The molecule has 0 radical (unpaired) electrons. The lowest BCUT2D eigenvalue weighted by Gasteiger charge is -2.32. The molecule has 192 valence electrons. The fourth-order valence-corrected chi connectivity index (χ4v) is 5.09. The Morgan fingerprint density at radius 3 is 2.47 bits per heavy atom. The average Bonchev–Trinajstić information content (AvgIpc) is 3.41. The van der Waals surface area contributed by atoms with Crippen LogP contribution in [0.5, 0.6) is 0 Å². The number of aryl methyl sites for hydroxylation is 1. The van der Waals surface area contributed by atoms with Crippen molar-refractivity contribution in [3.63, 3.8) is 0 Å². The van der Waals surface area contributed by atoms with Crippen molar-refractivity contribution in [3.8, 4) is 17.3 Å². The van der Waals surface area contributed by atoms with E-state index in [9.17, 15) is 4.79 Å². The van der Waals surface area contributed by atoms with Crippen molar-refractivity contribution >= 4 is 33.8 Å². The third kappa shape index (κ3) is 6.26. The number of carbonyl (C=O) groups is 1. The van der Waals surface area contributed by atoms with Gasteiger partial charge in [0.05, 0.1) is 17.3 Å². The molecule has 2 heterocycles. The van der Waals surface area contributed by atoms with Crippen LogP contribution >= 0.6 is 11.3 Å². The molecule has 38 heavy (non-hydrogen) atoms. The smallest absolute Gasteiger partial charge is 0.255 e. The van der Waals surface area contributed by atoms with E-state index in [4.69, 9.17) is 10.2 Å². The van der Waals surface area contributed by atoms with Crippen molar-refractivity contribution < 1.29 is 4.79 Å². The lowest BCUT2D eigenvalue weighted by atomic mass is 10.1. The number of hydrogen-bond donors (Lipinski definition) is 2. The molecule has 8 heteroatoms. The molecule has 4 aromatic rings. The summed E-state index contributed by atoms with van der Waals surface area (Å²) in [6, 6.07) is 23.2. The summed E-state index contributed by atoms with van der Waals surface area (Å²) in [6.07, 6.45) is 0. The molecule has 0 atom stereocenters. The molecular formula is C30H30N6OS. The fourth-order valence-electron chi connectivity index (χ4n) is 4.36. The molecule has 1 saturated heterocycles. The second kappa shape index (κ2) is 11.6. The molecule has 0 spiro atoms. The summed E-state index contributed by atoms with van der Waals surface area (Å²) in [7, 11) is 2.16. The molecule has 0 bridgehead atoms. The Bertz CT molecular complexity index is 1450. The minimum atomic E-state index is -0.136. The highest BCUT2D eigenvalue weighted by molar-refractivity contribution is 7.14. The van der Waals surface area contributed by atoms with Gasteiger partial charge in [-0.05, 0) is 61.5 Å². The lowest BCUT2D eigenvalue weighted by Crippen LogP contribution is -2.43. The highest BCUT2D eigenvalue weighted by Gasteiger charge is 2.14. The Labute approximate surface area is 227 Å². The zero-order valence-corrected chi connectivity index (χ0v) is 22.4. The molecule has 1 aliphatic heterocycles. The summed E-state index contributed by atoms with van der Waals surface area (Å²) in [5.41, 5.74) is 6.93. The van der Waals surface area contributed by atoms with Crippen molar-refractivity contribution in [2.75, 3.05) is 43.9 Å². The fraction of sp³-hybridized carbons (Fsp3) is 0.233. The summed E-state index contributed by atoms with van der Waals surface area (Å²) in [5.74, 6) is -0.136. The van der Waals surface area contributed by atoms with Crippen LogP contribution in [0.3, 0.4) is 0 Å². The number of benzene rings is 3. The SMILES string of the molecule is Cc1ccc(NC(=O)c2ccc(CN3CCN(C)CC3)cc2)cc1Nc1nc(-c2ccc(C#N)cc2)cs1. The van der Waals surface area contributed by atoms with E-state index in [0.717, 1.165) is 60.4 Å². The number of hydrogen-bond acceptors (Lipinski definition) is 7. The van der Waals surface area contributed by atoms with Gasteiger partial charge >= 0.3 is 0 Å². The van der Waals surface area contributed by atoms with Crippen LogP contribution in [0.2, 0.25) is 0 Å². The van der Waals surface area contributed by atoms with Gasteiger partial charge in [-0.1, -0.05) is 30.3 Å². The van der Waals surface area contributed by atoms with Crippen molar-refractivity contribution in [1.29, 1.82) is 5.26 Å². The molecule has 1 aromatic heterocycles. The van der Waals surface area contributed by atoms with Crippen LogP contribution in [-0.2, 0) is 6.54 Å². The Morgan fingerprint density at radius 2 is 1.76 bits per heavy atom. The Hall–Kier alpha value is -4.03. The largest absolute Gasteiger partial charge is 0.331 e. The van der Waals surface area contributed by atoms with E-state index in [1.165, 1.54) is 16.9 Å². The second-order valence-electron chi connectivity index (χ2n) is 9.61. The van der Waals surface area contributed by atoms with Crippen molar-refractivity contribution in [2.45, 2.75) is 13.5 Å². The molecule has 1 amide bonds. The van der Waals surface area contributed by atoms with Gasteiger partial charge in [0.25, 0.3) is 5.91 Å². The number of piperazine rings is 1. The number of nitriles is 1. The van der Waals surface area contributed by atoms with Crippen LogP contribution in [0.4, 0.5) is 16.5 Å². The first-order chi connectivity index (χ1) is 18.5. The standard InChI is InChI=1S/C30H30N6OS/c1-21-3-12-26(17-27(21)33-30-34-28(20-38-30)24-8-4-22(18-31)5-9-24)32-29(37)25-10-6-23(7-11-25)19-36-15-13-35(2)14-16-36/h3-12,17,20H,13-16,19H2,1-2H3,(H,32,37)(H,33,34). The number of amides is 1. The number of aromatic nitrogens is 1. The molecular weight excluding hydrogens is 492 g/mol. The number of carbonyl (C=O) groups excluding carboxylic acids is 1. The van der Waals surface area contributed by atoms with Gasteiger partial charge in [-0.3, -0.25) is 9.69 Å². The van der Waals surface area contributed by atoms with E-state index in [0.29, 0.717) is 16.8 Å². The monoisotopic (exact) mass is 522 g/mol. The Balaban J connectivity index is 1.21. The van der Waals surface area contributed by atoms with E-state index < -0.39 is 0 Å². The van der Waals surface area contributed by atoms with E-state index in [-0.39, 0.29) is 5.91 Å². The predicted octanol–water partition coefficient (Wildman–Crippen LogP) is 5.73. The molecule has 1 fully saturated rings. The van der Waals surface area contributed by atoms with Crippen molar-refractivity contribution in [1.82, 2.24) is 14.8 Å². The predicted molar refractivity (Wildman–Crippen MR) is 154 cm³/mol. The van der Waals surface area contributed by atoms with Gasteiger partial charge < -0.3 is 15.5 Å². The van der Waals surface area contributed by atoms with Gasteiger partial charge in [0.15, 0.2) is 5.13 Å². The number of anilines is 3. The molecule has 7 nitrogen and oxygen atoms in total. The van der Waals surface area contributed by atoms with Crippen molar-refractivity contribution in [3.05, 3.63) is 94.4 Å². The quantitative estimate of drug-likeness (QED) is 0.322. The zero-order valence-electron chi connectivity index (χ0n) is 21.6. The number of thiazole rings is 1. The zero-order chi connectivity index (χ0) is 26.5. The molecule has 0 aliphatic carbocycles. The summed E-state index contributed by atoms with van der Waals surface area (Å²) < 4.78 is 0. The van der Waals surface area contributed by atoms with Gasteiger partial charge in [-0.25, -0.2) is 4.98 Å². The maximum absolute atomic E-state index is 12.9. The molecule has 3 aromatic carbocycles. The first-order valence-electron chi connectivity index (χ1n) is 12.6. The number of nitrogens with one attached hydrogen (secondary N) is 2. The molecule has 0 unspecified atom stereocenters. The van der Waals surface area contributed by atoms with E-state index in [1.807, 2.05) is 66.9 Å². The van der Waals surface area contributed by atoms with Gasteiger partial charge in [-0.15, -0.1) is 11.3 Å². The van der Waals surface area contributed by atoms with E-state index >= 15 is 0 Å². The van der Waals surface area contributed by atoms with Crippen LogP contribution in [0.1, 0.15) is 27.0 Å². The van der Waals surface area contributed by atoms with Crippen LogP contribution in [-0.4, -0.2) is 53.9 Å². The summed E-state index contributed by atoms with van der Waals surface area (Å²) >= 11 is 1.51. The van der Waals surface area contributed by atoms with Gasteiger partial charge in [-0.2, -0.15) is 5.26 Å². The third-order valence-corrected chi connectivity index (χ3v) is 7.53. The van der Waals surface area contributed by atoms with Crippen LogP contribution in [0, 0.1) is 18.3 Å². The highest BCUT2D eigenvalue weighted by atomic mass is 32.1. The van der Waals surface area contributed by atoms with Gasteiger partial charge in [0, 0.05) is 60.6 Å². The normalized spacial score (nSPS) is 14.1. The second-order valence-corrected chi connectivity index (χ2v) is 10.5. The molecule has 0 saturated carbocycles. The Morgan fingerprint density at radius 1 is 1.03 bits per heavy atom. The van der Waals surface area contributed by atoms with Gasteiger partial charge in [0.1, 0.15) is 0 Å². The molecule has 1 aliphatic rings. The van der Waals surface area contributed by atoms with E-state index in [1.54, 1.807) is 12.1 Å². The molecule has 5 rings (SSSR count). The van der Waals surface area contributed by atoms with Crippen LogP contribution in [0.25, 0.3) is 11.3 Å². The number of rotatable bonds is 7. The highest BCUT2D eigenvalue weighted by Crippen LogP contribution is 2.30. The summed E-state index contributed by atoms with van der Waals surface area (Å²) in [4.78, 5) is 22.4. The molecule has 2 N–H and O–H groups in total. The minimum absolute atomic E-state index is 0.136. The Kier molecular flexibility index (Phi) is 7.80. The van der Waals surface area contributed by atoms with Crippen LogP contribution < -0.4 is 10.6 Å². The van der Waals surface area contributed by atoms with Crippen molar-refractivity contribution in [2.24, 2.45) is 0 Å². The first kappa shape index (κ1) is 25.6. The first-order valence-corrected chi connectivity index (χ1v) is 13.5. The minimum Gasteiger partial charge on any atom is -0.331 e. The maximum atomic E-state index is 12.9. The number of nitrogens with zero attached hydrogens (tertiary/aromatic N) is 4. The third-order valence-electron chi connectivity index (χ3n) is 6.77. The topological polar surface area (TPSA) is 84.3 Å².